The van der Waals surface area contributed by atoms with Gasteiger partial charge in [-0.25, -0.2) is 0 Å². The molecule has 17 heavy (non-hydrogen) atoms. The van der Waals surface area contributed by atoms with Gasteiger partial charge in [0.1, 0.15) is 0 Å². The van der Waals surface area contributed by atoms with Gasteiger partial charge >= 0.3 is 0 Å². The number of rotatable bonds is 6. The lowest BCUT2D eigenvalue weighted by atomic mass is 10.2. The summed E-state index contributed by atoms with van der Waals surface area (Å²) in [5.41, 5.74) is 0. The highest BCUT2D eigenvalue weighted by atomic mass is 32.2. The molecule has 0 aromatic rings. The lowest BCUT2D eigenvalue weighted by Crippen LogP contribution is -2.50. The second-order valence-corrected chi connectivity index (χ2v) is 5.47. The van der Waals surface area contributed by atoms with E-state index in [2.05, 4.69) is 4.90 Å². The predicted molar refractivity (Wildman–Crippen MR) is 72.3 cm³/mol. The molecule has 1 amide bonds. The lowest BCUT2D eigenvalue weighted by Gasteiger charge is -2.35. The molecule has 1 atom stereocenters. The molecule has 0 spiro atoms. The van der Waals surface area contributed by atoms with Gasteiger partial charge in [-0.3, -0.25) is 9.69 Å². The first-order valence-electron chi connectivity index (χ1n) is 6.34. The zero-order valence-electron chi connectivity index (χ0n) is 10.9. The largest absolute Gasteiger partial charge is 0.392 e. The van der Waals surface area contributed by atoms with Crippen LogP contribution in [0.15, 0.2) is 0 Å². The van der Waals surface area contributed by atoms with Crippen LogP contribution in [0.5, 0.6) is 0 Å². The third kappa shape index (κ3) is 5.27. The van der Waals surface area contributed by atoms with Crippen LogP contribution in [0.25, 0.3) is 0 Å². The Hall–Kier alpha value is -0.260. The number of aliphatic hydroxyl groups excluding tert-OH is 1. The van der Waals surface area contributed by atoms with E-state index in [4.69, 9.17) is 0 Å². The molecular formula is C12H24N2O2S. The van der Waals surface area contributed by atoms with Crippen LogP contribution in [0.1, 0.15) is 19.8 Å². The maximum Gasteiger partial charge on any atom is 0.223 e. The summed E-state index contributed by atoms with van der Waals surface area (Å²) >= 11 is 1.71. The van der Waals surface area contributed by atoms with E-state index < -0.39 is 0 Å². The third-order valence-electron chi connectivity index (χ3n) is 3.19. The number of aliphatic hydroxyl groups is 1. The third-order valence-corrected chi connectivity index (χ3v) is 3.80. The zero-order chi connectivity index (χ0) is 12.7. The zero-order valence-corrected chi connectivity index (χ0v) is 11.7. The van der Waals surface area contributed by atoms with Crippen LogP contribution in [0, 0.1) is 0 Å². The van der Waals surface area contributed by atoms with Crippen molar-refractivity contribution < 1.29 is 9.90 Å². The van der Waals surface area contributed by atoms with Gasteiger partial charge in [0.15, 0.2) is 0 Å². The Morgan fingerprint density at radius 3 is 2.53 bits per heavy atom. The molecule has 0 bridgehead atoms. The normalized spacial score (nSPS) is 19.4. The minimum atomic E-state index is -0.228. The molecule has 1 rings (SSSR count). The van der Waals surface area contributed by atoms with Crippen molar-refractivity contribution in [2.24, 2.45) is 0 Å². The highest BCUT2D eigenvalue weighted by Crippen LogP contribution is 2.07. The van der Waals surface area contributed by atoms with Crippen molar-refractivity contribution in [3.63, 3.8) is 0 Å². The van der Waals surface area contributed by atoms with Crippen molar-refractivity contribution in [1.82, 2.24) is 9.80 Å². The Morgan fingerprint density at radius 2 is 2.00 bits per heavy atom. The van der Waals surface area contributed by atoms with Gasteiger partial charge in [-0.05, 0) is 12.7 Å². The Balaban J connectivity index is 2.23. The van der Waals surface area contributed by atoms with E-state index in [0.717, 1.165) is 44.9 Å². The summed E-state index contributed by atoms with van der Waals surface area (Å²) in [7, 11) is 0. The minimum absolute atomic E-state index is 0.228. The van der Waals surface area contributed by atoms with Crippen molar-refractivity contribution in [2.45, 2.75) is 25.9 Å². The van der Waals surface area contributed by atoms with Gasteiger partial charge in [0.25, 0.3) is 0 Å². The Morgan fingerprint density at radius 1 is 1.35 bits per heavy atom. The fourth-order valence-corrected chi connectivity index (χ4v) is 2.33. The molecule has 1 saturated heterocycles. The molecule has 1 unspecified atom stereocenters. The van der Waals surface area contributed by atoms with Crippen molar-refractivity contribution in [1.29, 1.82) is 0 Å². The van der Waals surface area contributed by atoms with Gasteiger partial charge in [0, 0.05) is 44.9 Å². The van der Waals surface area contributed by atoms with Gasteiger partial charge in [0.05, 0.1) is 6.10 Å². The second-order valence-electron chi connectivity index (χ2n) is 4.49. The molecule has 1 fully saturated rings. The van der Waals surface area contributed by atoms with E-state index in [-0.39, 0.29) is 12.0 Å². The van der Waals surface area contributed by atoms with E-state index in [1.165, 1.54) is 0 Å². The van der Waals surface area contributed by atoms with E-state index >= 15 is 0 Å². The highest BCUT2D eigenvalue weighted by Gasteiger charge is 2.21. The van der Waals surface area contributed by atoms with Gasteiger partial charge < -0.3 is 10.0 Å². The van der Waals surface area contributed by atoms with Gasteiger partial charge in [0.2, 0.25) is 5.91 Å². The lowest BCUT2D eigenvalue weighted by molar-refractivity contribution is -0.132. The van der Waals surface area contributed by atoms with Crippen molar-refractivity contribution in [3.8, 4) is 0 Å². The average molecular weight is 260 g/mol. The number of hydrogen-bond donors (Lipinski definition) is 1. The van der Waals surface area contributed by atoms with Gasteiger partial charge in [-0.1, -0.05) is 6.92 Å². The fourth-order valence-electron chi connectivity index (χ4n) is 1.95. The van der Waals surface area contributed by atoms with Crippen LogP contribution in [0.4, 0.5) is 0 Å². The maximum atomic E-state index is 11.8. The summed E-state index contributed by atoms with van der Waals surface area (Å²) < 4.78 is 0. The van der Waals surface area contributed by atoms with Crippen LogP contribution in [0.2, 0.25) is 0 Å². The molecule has 5 heteroatoms. The molecule has 1 aliphatic heterocycles. The Bertz CT molecular complexity index is 231. The van der Waals surface area contributed by atoms with E-state index in [0.29, 0.717) is 6.42 Å². The quantitative estimate of drug-likeness (QED) is 0.762. The highest BCUT2D eigenvalue weighted by molar-refractivity contribution is 7.98. The molecule has 1 aliphatic rings. The number of carbonyl (C=O) groups excluding carboxylic acids is 1. The SMILES string of the molecule is CCC(O)CN1CCN(C(=O)CCSC)CC1. The fraction of sp³-hybridized carbons (Fsp3) is 0.917. The predicted octanol–water partition coefficient (Wildman–Crippen LogP) is 0.655. The average Bonchev–Trinajstić information content (AvgIpc) is 2.36. The first kappa shape index (κ1) is 14.8. The van der Waals surface area contributed by atoms with E-state index in [9.17, 15) is 9.90 Å². The number of hydrogen-bond acceptors (Lipinski definition) is 4. The summed E-state index contributed by atoms with van der Waals surface area (Å²) in [6, 6.07) is 0. The van der Waals surface area contributed by atoms with E-state index in [1.54, 1.807) is 11.8 Å². The molecule has 0 aliphatic carbocycles. The number of β-amino-alcohol motifs (C(OH)–C–C–N with tert-alkyl or cyclic N) is 1. The number of amides is 1. The molecule has 0 radical (unpaired) electrons. The molecule has 4 nitrogen and oxygen atoms in total. The summed E-state index contributed by atoms with van der Waals surface area (Å²) in [6.45, 7) is 6.13. The van der Waals surface area contributed by atoms with Crippen LogP contribution in [-0.4, -0.2) is 71.6 Å². The van der Waals surface area contributed by atoms with Crippen molar-refractivity contribution >= 4 is 17.7 Å². The summed E-state index contributed by atoms with van der Waals surface area (Å²) in [5, 5.41) is 9.58. The molecular weight excluding hydrogens is 236 g/mol. The van der Waals surface area contributed by atoms with Crippen LogP contribution < -0.4 is 0 Å². The van der Waals surface area contributed by atoms with Crippen molar-refractivity contribution in [2.75, 3.05) is 44.7 Å². The summed E-state index contributed by atoms with van der Waals surface area (Å²) in [5.74, 6) is 1.18. The number of carbonyl (C=O) groups is 1. The monoisotopic (exact) mass is 260 g/mol. The molecule has 1 heterocycles. The smallest absolute Gasteiger partial charge is 0.223 e. The topological polar surface area (TPSA) is 43.8 Å². The first-order valence-corrected chi connectivity index (χ1v) is 7.73. The number of thioether (sulfide) groups is 1. The minimum Gasteiger partial charge on any atom is -0.392 e. The molecule has 1 N–H and O–H groups in total. The number of nitrogens with zero attached hydrogens (tertiary/aromatic N) is 2. The summed E-state index contributed by atoms with van der Waals surface area (Å²) in [4.78, 5) is 16.0. The molecule has 0 aromatic heterocycles. The molecule has 0 aromatic carbocycles. The molecule has 100 valence electrons. The van der Waals surface area contributed by atoms with Gasteiger partial charge in [-0.2, -0.15) is 11.8 Å². The van der Waals surface area contributed by atoms with E-state index in [1.807, 2.05) is 18.1 Å². The van der Waals surface area contributed by atoms with Crippen LogP contribution in [0.3, 0.4) is 0 Å². The standard InChI is InChI=1S/C12H24N2O2S/c1-3-11(15)10-13-5-7-14(8-6-13)12(16)4-9-17-2/h11,15H,3-10H2,1-2H3. The van der Waals surface area contributed by atoms with Crippen molar-refractivity contribution in [3.05, 3.63) is 0 Å². The first-order chi connectivity index (χ1) is 8.17. The van der Waals surface area contributed by atoms with Gasteiger partial charge in [-0.15, -0.1) is 0 Å². The maximum absolute atomic E-state index is 11.8. The molecule has 0 saturated carbocycles. The Kier molecular flexibility index (Phi) is 6.92. The Labute approximate surface area is 108 Å². The van der Waals surface area contributed by atoms with Crippen LogP contribution >= 0.6 is 11.8 Å². The number of piperazine rings is 1. The second kappa shape index (κ2) is 7.95. The van der Waals surface area contributed by atoms with Crippen LogP contribution in [-0.2, 0) is 4.79 Å². The summed E-state index contributed by atoms with van der Waals surface area (Å²) in [6.07, 6.45) is 3.25.